The lowest BCUT2D eigenvalue weighted by molar-refractivity contribution is 0.976. The van der Waals surface area contributed by atoms with Crippen molar-refractivity contribution < 1.29 is 0 Å². The highest BCUT2D eigenvalue weighted by molar-refractivity contribution is 7.85. The molecule has 0 aromatic rings. The molecule has 7 heavy (non-hydrogen) atoms. The molecule has 42 valence electrons. The smallest absolute Gasteiger partial charge is 0.130 e. The summed E-state index contributed by atoms with van der Waals surface area (Å²) >= 11 is 3.09. The monoisotopic (exact) mass is 119 g/mol. The second kappa shape index (κ2) is 17.1. The molecule has 0 radical (unpaired) electrons. The minimum Gasteiger partial charge on any atom is -0.329 e. The van der Waals surface area contributed by atoms with E-state index in [0.29, 0.717) is 13.1 Å². The second-order valence-corrected chi connectivity index (χ2v) is 0.877. The maximum atomic E-state index is 7.18. The number of thiol groups is 1. The Balaban J connectivity index is 0. The van der Waals surface area contributed by atoms with Crippen LogP contribution in [0.1, 0.15) is 0 Å². The third kappa shape index (κ3) is 141. The van der Waals surface area contributed by atoms with Crippen LogP contribution in [-0.2, 0) is 0 Å². The van der Waals surface area contributed by atoms with Crippen LogP contribution in [0.15, 0.2) is 0 Å². The SMILES string of the molecule is N#CS.NCCN. The number of rotatable bonds is 1. The van der Waals surface area contributed by atoms with Gasteiger partial charge in [0.15, 0.2) is 0 Å². The first kappa shape index (κ1) is 9.90. The van der Waals surface area contributed by atoms with Crippen LogP contribution < -0.4 is 11.5 Å². The van der Waals surface area contributed by atoms with E-state index in [1.54, 1.807) is 0 Å². The highest BCUT2D eigenvalue weighted by atomic mass is 32.1. The van der Waals surface area contributed by atoms with Gasteiger partial charge in [0.05, 0.1) is 0 Å². The minimum absolute atomic E-state index is 0.597. The Bertz CT molecular complexity index is 46.6. The van der Waals surface area contributed by atoms with Gasteiger partial charge in [0, 0.05) is 13.1 Å². The molecule has 0 atom stereocenters. The van der Waals surface area contributed by atoms with Gasteiger partial charge >= 0.3 is 0 Å². The van der Waals surface area contributed by atoms with E-state index >= 15 is 0 Å². The summed E-state index contributed by atoms with van der Waals surface area (Å²) in [6.07, 6.45) is 0. The Morgan fingerprint density at radius 3 is 1.57 bits per heavy atom. The van der Waals surface area contributed by atoms with Crippen LogP contribution in [0.4, 0.5) is 0 Å². The Hall–Kier alpha value is -0.240. The molecule has 0 rings (SSSR count). The molecule has 0 saturated heterocycles. The van der Waals surface area contributed by atoms with Gasteiger partial charge in [-0.2, -0.15) is 5.26 Å². The van der Waals surface area contributed by atoms with E-state index in [2.05, 4.69) is 12.6 Å². The molecule has 0 aliphatic carbocycles. The fourth-order valence-corrected chi connectivity index (χ4v) is 0. The third-order valence-electron chi connectivity index (χ3n) is 0.167. The van der Waals surface area contributed by atoms with Crippen LogP contribution >= 0.6 is 12.6 Å². The number of hydrogen-bond donors (Lipinski definition) is 3. The molecule has 3 nitrogen and oxygen atoms in total. The van der Waals surface area contributed by atoms with Gasteiger partial charge in [-0.3, -0.25) is 0 Å². The van der Waals surface area contributed by atoms with Gasteiger partial charge < -0.3 is 11.5 Å². The predicted molar refractivity (Wildman–Crippen MR) is 32.7 cm³/mol. The van der Waals surface area contributed by atoms with E-state index in [9.17, 15) is 0 Å². The Morgan fingerprint density at radius 1 is 1.43 bits per heavy atom. The molecule has 4 N–H and O–H groups in total. The first-order valence-corrected chi connectivity index (χ1v) is 2.21. The number of nitrogens with two attached hydrogens (primary N) is 2. The highest BCUT2D eigenvalue weighted by Crippen LogP contribution is 1.46. The van der Waals surface area contributed by atoms with Crippen molar-refractivity contribution in [2.24, 2.45) is 11.5 Å². The van der Waals surface area contributed by atoms with Crippen molar-refractivity contribution in [1.82, 2.24) is 0 Å². The standard InChI is InChI=1S/C2H8N2.CHNS/c3-1-2-4;2-1-3/h1-4H2;3H. The molecular formula is C3H9N3S. The van der Waals surface area contributed by atoms with E-state index in [1.165, 1.54) is 5.40 Å². The van der Waals surface area contributed by atoms with Crippen molar-refractivity contribution in [3.05, 3.63) is 0 Å². The van der Waals surface area contributed by atoms with E-state index in [1.807, 2.05) is 0 Å². The Labute approximate surface area is 48.7 Å². The summed E-state index contributed by atoms with van der Waals surface area (Å²) in [4.78, 5) is 0. The zero-order chi connectivity index (χ0) is 6.12. The van der Waals surface area contributed by atoms with Crippen molar-refractivity contribution in [3.8, 4) is 5.40 Å². The zero-order valence-electron chi connectivity index (χ0n) is 3.96. The quantitative estimate of drug-likeness (QED) is 0.315. The van der Waals surface area contributed by atoms with E-state index < -0.39 is 0 Å². The van der Waals surface area contributed by atoms with Gasteiger partial charge in [0.2, 0.25) is 0 Å². The fraction of sp³-hybridized carbons (Fsp3) is 0.667. The first-order valence-electron chi connectivity index (χ1n) is 1.76. The lowest BCUT2D eigenvalue weighted by atomic mass is 10.7. The number of hydrogen-bond acceptors (Lipinski definition) is 4. The summed E-state index contributed by atoms with van der Waals surface area (Å²) in [7, 11) is 0. The lowest BCUT2D eigenvalue weighted by Gasteiger charge is -1.72. The van der Waals surface area contributed by atoms with Gasteiger partial charge in [-0.1, -0.05) is 12.6 Å². The van der Waals surface area contributed by atoms with Gasteiger partial charge in [-0.25, -0.2) is 0 Å². The normalized spacial score (nSPS) is 5.43. The van der Waals surface area contributed by atoms with Crippen LogP contribution in [0.2, 0.25) is 0 Å². The van der Waals surface area contributed by atoms with Crippen LogP contribution in [0.3, 0.4) is 0 Å². The lowest BCUT2D eigenvalue weighted by Crippen LogP contribution is -2.11. The molecule has 0 spiro atoms. The van der Waals surface area contributed by atoms with Crippen molar-refractivity contribution in [2.75, 3.05) is 13.1 Å². The summed E-state index contributed by atoms with van der Waals surface area (Å²) in [6, 6.07) is 0. The van der Waals surface area contributed by atoms with Gasteiger partial charge in [-0.05, 0) is 0 Å². The molecule has 0 aromatic carbocycles. The van der Waals surface area contributed by atoms with Crippen LogP contribution in [0.5, 0.6) is 0 Å². The first-order chi connectivity index (χ1) is 3.33. The fourth-order valence-electron chi connectivity index (χ4n) is 0. The highest BCUT2D eigenvalue weighted by Gasteiger charge is 1.54. The Kier molecular flexibility index (Phi) is 24.2. The molecule has 0 unspecified atom stereocenters. The second-order valence-electron chi connectivity index (χ2n) is 0.677. The van der Waals surface area contributed by atoms with Crippen molar-refractivity contribution in [2.45, 2.75) is 0 Å². The molecule has 0 amide bonds. The van der Waals surface area contributed by atoms with E-state index in [0.717, 1.165) is 0 Å². The van der Waals surface area contributed by atoms with E-state index in [-0.39, 0.29) is 0 Å². The molecule has 0 aliphatic rings. The van der Waals surface area contributed by atoms with E-state index in [4.69, 9.17) is 16.7 Å². The third-order valence-corrected chi connectivity index (χ3v) is 0.167. The minimum atomic E-state index is 0.597. The molecule has 0 saturated carbocycles. The maximum absolute atomic E-state index is 7.18. The average molecular weight is 119 g/mol. The van der Waals surface area contributed by atoms with Gasteiger partial charge in [-0.15, -0.1) is 0 Å². The molecule has 0 bridgehead atoms. The molecule has 0 aromatic heterocycles. The summed E-state index contributed by atoms with van der Waals surface area (Å²) in [5, 5.41) is 8.63. The van der Waals surface area contributed by atoms with Gasteiger partial charge in [0.25, 0.3) is 0 Å². The number of nitrogens with zero attached hydrogens (tertiary/aromatic N) is 1. The average Bonchev–Trinajstić information content (AvgIpc) is 1.69. The predicted octanol–water partition coefficient (Wildman–Crippen LogP) is -0.699. The molecule has 0 heterocycles. The summed E-state index contributed by atoms with van der Waals surface area (Å²) in [5.74, 6) is 0. The summed E-state index contributed by atoms with van der Waals surface area (Å²) < 4.78 is 0. The van der Waals surface area contributed by atoms with Crippen molar-refractivity contribution in [3.63, 3.8) is 0 Å². The number of nitriles is 1. The van der Waals surface area contributed by atoms with Crippen LogP contribution in [0, 0.1) is 10.7 Å². The molecular weight excluding hydrogens is 110 g/mol. The number of thiocyanates is 1. The van der Waals surface area contributed by atoms with Crippen LogP contribution in [-0.4, -0.2) is 13.1 Å². The topological polar surface area (TPSA) is 75.8 Å². The summed E-state index contributed by atoms with van der Waals surface area (Å²) in [6.45, 7) is 1.19. The largest absolute Gasteiger partial charge is 0.329 e. The summed E-state index contributed by atoms with van der Waals surface area (Å²) in [5.41, 5.74) is 9.81. The Morgan fingerprint density at radius 2 is 1.57 bits per heavy atom. The zero-order valence-corrected chi connectivity index (χ0v) is 4.86. The molecule has 0 fully saturated rings. The van der Waals surface area contributed by atoms with Crippen molar-refractivity contribution >= 4 is 12.6 Å². The van der Waals surface area contributed by atoms with Crippen LogP contribution in [0.25, 0.3) is 0 Å². The molecule has 0 aliphatic heterocycles. The molecule has 4 heteroatoms. The van der Waals surface area contributed by atoms with Crippen molar-refractivity contribution in [1.29, 1.82) is 5.26 Å². The van der Waals surface area contributed by atoms with Gasteiger partial charge in [0.1, 0.15) is 5.40 Å². The maximum Gasteiger partial charge on any atom is 0.130 e.